The largest absolute Gasteiger partial charge is 0.481 e. The van der Waals surface area contributed by atoms with Gasteiger partial charge in [-0.3, -0.25) is 4.79 Å². The van der Waals surface area contributed by atoms with Gasteiger partial charge in [-0.1, -0.05) is 42.8 Å². The molecule has 5 atom stereocenters. The minimum Gasteiger partial charge on any atom is -0.481 e. The van der Waals surface area contributed by atoms with Crippen molar-refractivity contribution in [3.8, 4) is 11.8 Å². The minimum atomic E-state index is -0.961. The molecule has 0 aromatic rings. The molecule has 0 saturated heterocycles. The fourth-order valence-electron chi connectivity index (χ4n) is 5.09. The standard InChI is InChI=1S/C22H32O4/c1-22(26,16-7-3-2-4-8-16)13-12-18-19-14-15(6-5-9-21(24)25)17(19)10-11-20(18)23/h6,16-20,23,26H,2-5,7-11,14H2,1H3,(H,24,25)/b15-6+/t17-,18-,19+,20-,22?/m1/s1. The number of carboxylic acids is 1. The second kappa shape index (κ2) is 8.15. The van der Waals surface area contributed by atoms with E-state index in [1.54, 1.807) is 0 Å². The van der Waals surface area contributed by atoms with Crippen molar-refractivity contribution in [2.75, 3.05) is 0 Å². The molecule has 4 heteroatoms. The molecule has 3 fully saturated rings. The Morgan fingerprint density at radius 1 is 1.23 bits per heavy atom. The quantitative estimate of drug-likeness (QED) is 0.529. The second-order valence-corrected chi connectivity index (χ2v) is 8.61. The average Bonchev–Trinajstić information content (AvgIpc) is 2.59. The van der Waals surface area contributed by atoms with E-state index in [9.17, 15) is 15.0 Å². The van der Waals surface area contributed by atoms with Crippen LogP contribution in [0.1, 0.15) is 71.1 Å². The highest BCUT2D eigenvalue weighted by atomic mass is 16.4. The predicted molar refractivity (Wildman–Crippen MR) is 100 cm³/mol. The third-order valence-corrected chi connectivity index (χ3v) is 6.77. The van der Waals surface area contributed by atoms with Gasteiger partial charge in [-0.2, -0.15) is 0 Å². The molecule has 3 saturated carbocycles. The first-order valence-corrected chi connectivity index (χ1v) is 10.2. The van der Waals surface area contributed by atoms with Gasteiger partial charge < -0.3 is 15.3 Å². The molecule has 0 aromatic heterocycles. The Hall–Kier alpha value is -1.31. The fraction of sp³-hybridized carbons (Fsp3) is 0.773. The fourth-order valence-corrected chi connectivity index (χ4v) is 5.09. The third-order valence-electron chi connectivity index (χ3n) is 6.77. The maximum atomic E-state index is 10.8. The van der Waals surface area contributed by atoms with Crippen molar-refractivity contribution in [3.63, 3.8) is 0 Å². The normalized spacial score (nSPS) is 35.6. The molecule has 3 aliphatic carbocycles. The number of rotatable bonds is 4. The van der Waals surface area contributed by atoms with E-state index in [1.165, 1.54) is 24.8 Å². The van der Waals surface area contributed by atoms with Gasteiger partial charge in [-0.15, -0.1) is 0 Å². The van der Waals surface area contributed by atoms with Crippen LogP contribution in [0.15, 0.2) is 11.6 Å². The molecule has 0 heterocycles. The maximum Gasteiger partial charge on any atom is 0.303 e. The molecule has 0 radical (unpaired) electrons. The molecule has 0 aromatic carbocycles. The number of hydrogen-bond donors (Lipinski definition) is 3. The van der Waals surface area contributed by atoms with Crippen molar-refractivity contribution < 1.29 is 20.1 Å². The Kier molecular flexibility index (Phi) is 6.10. The summed E-state index contributed by atoms with van der Waals surface area (Å²) < 4.78 is 0. The lowest BCUT2D eigenvalue weighted by atomic mass is 9.57. The summed E-state index contributed by atoms with van der Waals surface area (Å²) in [5.74, 6) is 6.60. The molecule has 0 aliphatic heterocycles. The van der Waals surface area contributed by atoms with Crippen LogP contribution in [0.4, 0.5) is 0 Å². The predicted octanol–water partition coefficient (Wildman–Crippen LogP) is 3.52. The maximum absolute atomic E-state index is 10.8. The van der Waals surface area contributed by atoms with Gasteiger partial charge >= 0.3 is 5.97 Å². The number of aliphatic hydroxyl groups is 2. The highest BCUT2D eigenvalue weighted by Gasteiger charge is 2.46. The summed E-state index contributed by atoms with van der Waals surface area (Å²) in [4.78, 5) is 10.7. The van der Waals surface area contributed by atoms with Gasteiger partial charge in [0.15, 0.2) is 0 Å². The number of aliphatic carboxylic acids is 1. The number of fused-ring (bicyclic) bond motifs is 1. The topological polar surface area (TPSA) is 77.8 Å². The van der Waals surface area contributed by atoms with E-state index in [1.807, 2.05) is 6.92 Å². The van der Waals surface area contributed by atoms with Crippen LogP contribution in [-0.2, 0) is 4.79 Å². The first kappa shape index (κ1) is 19.5. The molecule has 3 aliphatic rings. The summed E-state index contributed by atoms with van der Waals surface area (Å²) in [6, 6.07) is 0. The van der Waals surface area contributed by atoms with Crippen LogP contribution in [-0.4, -0.2) is 33.0 Å². The van der Waals surface area contributed by atoms with Crippen molar-refractivity contribution in [1.82, 2.24) is 0 Å². The second-order valence-electron chi connectivity index (χ2n) is 8.61. The highest BCUT2D eigenvalue weighted by molar-refractivity contribution is 5.66. The zero-order chi connectivity index (χ0) is 18.7. The third kappa shape index (κ3) is 4.32. The van der Waals surface area contributed by atoms with Crippen LogP contribution in [0, 0.1) is 35.5 Å². The van der Waals surface area contributed by atoms with E-state index < -0.39 is 17.7 Å². The monoisotopic (exact) mass is 360 g/mol. The summed E-state index contributed by atoms with van der Waals surface area (Å²) in [6.07, 6.45) is 10.7. The number of hydrogen-bond acceptors (Lipinski definition) is 3. The van der Waals surface area contributed by atoms with Crippen LogP contribution >= 0.6 is 0 Å². The molecular formula is C22H32O4. The Morgan fingerprint density at radius 3 is 2.65 bits per heavy atom. The Balaban J connectivity index is 1.64. The Bertz CT molecular complexity index is 603. The molecule has 0 spiro atoms. The van der Waals surface area contributed by atoms with Crippen LogP contribution in [0.3, 0.4) is 0 Å². The molecule has 1 unspecified atom stereocenters. The number of aliphatic hydroxyl groups excluding tert-OH is 1. The van der Waals surface area contributed by atoms with E-state index in [0.717, 1.165) is 32.1 Å². The Labute approximate surface area is 156 Å². The molecule has 3 rings (SSSR count). The van der Waals surface area contributed by atoms with Crippen molar-refractivity contribution >= 4 is 5.97 Å². The zero-order valence-electron chi connectivity index (χ0n) is 15.8. The number of carbonyl (C=O) groups is 1. The highest BCUT2D eigenvalue weighted by Crippen LogP contribution is 2.51. The SMILES string of the molecule is CC(O)(C#C[C@@H]1[C@H]2C/C(=C\CCC(=O)O)[C@H]2CC[C@H]1O)C1CCCCC1. The molecular weight excluding hydrogens is 328 g/mol. The minimum absolute atomic E-state index is 0.0690. The van der Waals surface area contributed by atoms with Crippen LogP contribution < -0.4 is 0 Å². The smallest absolute Gasteiger partial charge is 0.303 e. The molecule has 144 valence electrons. The van der Waals surface area contributed by atoms with Gasteiger partial charge in [0, 0.05) is 6.42 Å². The molecule has 0 amide bonds. The average molecular weight is 360 g/mol. The number of carboxylic acid groups (broad SMARTS) is 1. The van der Waals surface area contributed by atoms with E-state index in [0.29, 0.717) is 18.3 Å². The summed E-state index contributed by atoms with van der Waals surface area (Å²) in [7, 11) is 0. The van der Waals surface area contributed by atoms with E-state index in [2.05, 4.69) is 17.9 Å². The first-order valence-electron chi connectivity index (χ1n) is 10.2. The molecule has 0 bridgehead atoms. The van der Waals surface area contributed by atoms with E-state index in [4.69, 9.17) is 5.11 Å². The lowest BCUT2D eigenvalue weighted by Crippen LogP contribution is -2.45. The van der Waals surface area contributed by atoms with Gasteiger partial charge in [-0.25, -0.2) is 0 Å². The molecule has 3 N–H and O–H groups in total. The summed E-state index contributed by atoms with van der Waals surface area (Å²) >= 11 is 0. The molecule has 26 heavy (non-hydrogen) atoms. The van der Waals surface area contributed by atoms with Gasteiger partial charge in [0.25, 0.3) is 0 Å². The first-order chi connectivity index (χ1) is 12.4. The van der Waals surface area contributed by atoms with Crippen molar-refractivity contribution in [2.24, 2.45) is 23.7 Å². The number of allylic oxidation sites excluding steroid dienone is 2. The van der Waals surface area contributed by atoms with Crippen LogP contribution in [0.25, 0.3) is 0 Å². The summed E-state index contributed by atoms with van der Waals surface area (Å²) in [5, 5.41) is 30.1. The van der Waals surface area contributed by atoms with Gasteiger partial charge in [-0.05, 0) is 63.2 Å². The van der Waals surface area contributed by atoms with Crippen molar-refractivity contribution in [2.45, 2.75) is 82.8 Å². The lowest BCUT2D eigenvalue weighted by Gasteiger charge is -2.48. The van der Waals surface area contributed by atoms with Crippen LogP contribution in [0.2, 0.25) is 0 Å². The summed E-state index contributed by atoms with van der Waals surface area (Å²) in [5.41, 5.74) is 0.380. The van der Waals surface area contributed by atoms with Gasteiger partial charge in [0.1, 0.15) is 5.60 Å². The molecule has 4 nitrogen and oxygen atoms in total. The van der Waals surface area contributed by atoms with Crippen molar-refractivity contribution in [3.05, 3.63) is 11.6 Å². The zero-order valence-corrected chi connectivity index (χ0v) is 15.8. The summed E-state index contributed by atoms with van der Waals surface area (Å²) in [6.45, 7) is 1.83. The van der Waals surface area contributed by atoms with Crippen LogP contribution in [0.5, 0.6) is 0 Å². The van der Waals surface area contributed by atoms with Crippen molar-refractivity contribution in [1.29, 1.82) is 0 Å². The van der Waals surface area contributed by atoms with E-state index >= 15 is 0 Å². The van der Waals surface area contributed by atoms with Gasteiger partial charge in [0.05, 0.1) is 12.0 Å². The Morgan fingerprint density at radius 2 is 1.96 bits per heavy atom. The van der Waals surface area contributed by atoms with Gasteiger partial charge in [0.2, 0.25) is 0 Å². The lowest BCUT2D eigenvalue weighted by molar-refractivity contribution is -0.136. The van der Waals surface area contributed by atoms with E-state index in [-0.39, 0.29) is 18.3 Å².